The van der Waals surface area contributed by atoms with Crippen LogP contribution in [0.1, 0.15) is 16.7 Å². The van der Waals surface area contributed by atoms with E-state index in [4.69, 9.17) is 4.74 Å². The van der Waals surface area contributed by atoms with E-state index in [0.29, 0.717) is 5.56 Å². The summed E-state index contributed by atoms with van der Waals surface area (Å²) in [5.74, 6) is -0.497. The molecule has 0 spiro atoms. The van der Waals surface area contributed by atoms with Crippen molar-refractivity contribution in [2.75, 3.05) is 13.6 Å². The molecule has 2 aromatic carbocycles. The molecule has 3 rings (SSSR count). The van der Waals surface area contributed by atoms with Gasteiger partial charge in [0.05, 0.1) is 5.52 Å². The Morgan fingerprint density at radius 3 is 2.68 bits per heavy atom. The van der Waals surface area contributed by atoms with Crippen LogP contribution < -0.4 is 10.1 Å². The molecule has 1 heterocycles. The summed E-state index contributed by atoms with van der Waals surface area (Å²) in [6.45, 7) is 2.80. The van der Waals surface area contributed by atoms with Gasteiger partial charge in [-0.3, -0.25) is 0 Å². The van der Waals surface area contributed by atoms with Gasteiger partial charge in [0, 0.05) is 18.6 Å². The average Bonchev–Trinajstić information content (AvgIpc) is 2.91. The fourth-order valence-electron chi connectivity index (χ4n) is 3.05. The summed E-state index contributed by atoms with van der Waals surface area (Å²) < 4.78 is 35.8. The van der Waals surface area contributed by atoms with Crippen LogP contribution in [-0.2, 0) is 20.1 Å². The van der Waals surface area contributed by atoms with E-state index < -0.39 is 5.82 Å². The molecule has 5 heteroatoms. The van der Waals surface area contributed by atoms with Crippen molar-refractivity contribution in [2.24, 2.45) is 7.05 Å². The first kappa shape index (κ1) is 17.4. The molecule has 132 valence electrons. The third kappa shape index (κ3) is 3.51. The monoisotopic (exact) mass is 344 g/mol. The highest BCUT2D eigenvalue weighted by Crippen LogP contribution is 2.34. The van der Waals surface area contributed by atoms with E-state index in [1.807, 2.05) is 31.8 Å². The summed E-state index contributed by atoms with van der Waals surface area (Å²) in [4.78, 5) is 0. The Morgan fingerprint density at radius 2 is 1.92 bits per heavy atom. The first-order chi connectivity index (χ1) is 12.0. The van der Waals surface area contributed by atoms with Crippen LogP contribution in [0.3, 0.4) is 0 Å². The summed E-state index contributed by atoms with van der Waals surface area (Å²) in [5.41, 5.74) is 3.57. The molecule has 0 unspecified atom stereocenters. The van der Waals surface area contributed by atoms with Gasteiger partial charge in [0.15, 0.2) is 11.6 Å². The van der Waals surface area contributed by atoms with Crippen LogP contribution in [0.15, 0.2) is 36.5 Å². The molecule has 0 saturated carbocycles. The number of hydrogen-bond donors (Lipinski definition) is 1. The van der Waals surface area contributed by atoms with Crippen molar-refractivity contribution >= 4 is 10.9 Å². The quantitative estimate of drug-likeness (QED) is 0.728. The van der Waals surface area contributed by atoms with Crippen molar-refractivity contribution in [2.45, 2.75) is 20.0 Å². The maximum absolute atomic E-state index is 14.5. The van der Waals surface area contributed by atoms with Gasteiger partial charge in [-0.2, -0.15) is 0 Å². The molecule has 0 fully saturated rings. The van der Waals surface area contributed by atoms with Gasteiger partial charge in [-0.15, -0.1) is 0 Å². The topological polar surface area (TPSA) is 26.2 Å². The van der Waals surface area contributed by atoms with Crippen LogP contribution in [0.2, 0.25) is 0 Å². The van der Waals surface area contributed by atoms with E-state index in [2.05, 4.69) is 5.32 Å². The summed E-state index contributed by atoms with van der Waals surface area (Å²) in [7, 11) is 3.82. The first-order valence-electron chi connectivity index (χ1n) is 8.30. The second kappa shape index (κ2) is 7.23. The highest BCUT2D eigenvalue weighted by molar-refractivity contribution is 5.90. The van der Waals surface area contributed by atoms with Gasteiger partial charge in [0.2, 0.25) is 0 Å². The molecule has 0 bridgehead atoms. The lowest BCUT2D eigenvalue weighted by atomic mass is 10.1. The predicted molar refractivity (Wildman–Crippen MR) is 96.0 cm³/mol. The Labute approximate surface area is 146 Å². The van der Waals surface area contributed by atoms with Crippen LogP contribution >= 0.6 is 0 Å². The SMILES string of the molecule is CNCCc1cn(C)c2ccc(F)c(OCc3cc(F)ccc3C)c12. The van der Waals surface area contributed by atoms with E-state index in [1.165, 1.54) is 18.2 Å². The van der Waals surface area contributed by atoms with E-state index in [9.17, 15) is 8.78 Å². The van der Waals surface area contributed by atoms with Crippen molar-refractivity contribution in [3.8, 4) is 5.75 Å². The van der Waals surface area contributed by atoms with Gasteiger partial charge >= 0.3 is 0 Å². The number of fused-ring (bicyclic) bond motifs is 1. The number of likely N-dealkylation sites (N-methyl/N-ethyl adjacent to an activating group) is 1. The van der Waals surface area contributed by atoms with Crippen molar-refractivity contribution < 1.29 is 13.5 Å². The Hall–Kier alpha value is -2.40. The lowest BCUT2D eigenvalue weighted by Crippen LogP contribution is -2.10. The standard InChI is InChI=1S/C20H22F2N2O/c1-13-4-5-16(21)10-15(13)12-25-20-17(22)6-7-18-19(20)14(8-9-23-2)11-24(18)3/h4-7,10-11,23H,8-9,12H2,1-3H3. The zero-order valence-electron chi connectivity index (χ0n) is 14.7. The lowest BCUT2D eigenvalue weighted by Gasteiger charge is -2.12. The first-order valence-corrected chi connectivity index (χ1v) is 8.30. The third-order valence-corrected chi connectivity index (χ3v) is 4.47. The van der Waals surface area contributed by atoms with Crippen LogP contribution in [-0.4, -0.2) is 18.2 Å². The van der Waals surface area contributed by atoms with E-state index >= 15 is 0 Å². The molecule has 0 aliphatic carbocycles. The van der Waals surface area contributed by atoms with Crippen molar-refractivity contribution in [1.82, 2.24) is 9.88 Å². The molecule has 0 aliphatic heterocycles. The molecule has 1 aromatic heterocycles. The van der Waals surface area contributed by atoms with Gasteiger partial charge in [0.1, 0.15) is 12.4 Å². The van der Waals surface area contributed by atoms with Crippen molar-refractivity contribution in [3.63, 3.8) is 0 Å². The molecule has 0 aliphatic rings. The molecule has 0 amide bonds. The predicted octanol–water partition coefficient (Wildman–Crippen LogP) is 4.11. The van der Waals surface area contributed by atoms with Crippen LogP contribution in [0.5, 0.6) is 5.75 Å². The average molecular weight is 344 g/mol. The van der Waals surface area contributed by atoms with Crippen LogP contribution in [0.25, 0.3) is 10.9 Å². The number of benzene rings is 2. The molecule has 0 saturated heterocycles. The molecule has 1 N–H and O–H groups in total. The van der Waals surface area contributed by atoms with Crippen LogP contribution in [0.4, 0.5) is 8.78 Å². The number of aryl methyl sites for hydroxylation is 2. The smallest absolute Gasteiger partial charge is 0.165 e. The molecule has 3 aromatic rings. The zero-order valence-corrected chi connectivity index (χ0v) is 14.7. The molecule has 0 radical (unpaired) electrons. The minimum Gasteiger partial charge on any atom is -0.485 e. The number of nitrogens with zero attached hydrogens (tertiary/aromatic N) is 1. The summed E-state index contributed by atoms with van der Waals surface area (Å²) in [6.07, 6.45) is 2.77. The maximum Gasteiger partial charge on any atom is 0.165 e. The summed E-state index contributed by atoms with van der Waals surface area (Å²) in [6, 6.07) is 7.71. The Balaban J connectivity index is 1.99. The normalized spacial score (nSPS) is 11.2. The largest absolute Gasteiger partial charge is 0.485 e. The maximum atomic E-state index is 14.5. The lowest BCUT2D eigenvalue weighted by molar-refractivity contribution is 0.293. The van der Waals surface area contributed by atoms with E-state index in [1.54, 1.807) is 12.1 Å². The Kier molecular flexibility index (Phi) is 5.04. The second-order valence-corrected chi connectivity index (χ2v) is 6.25. The van der Waals surface area contributed by atoms with Crippen LogP contribution in [0, 0.1) is 18.6 Å². The summed E-state index contributed by atoms with van der Waals surface area (Å²) >= 11 is 0. The third-order valence-electron chi connectivity index (χ3n) is 4.47. The summed E-state index contributed by atoms with van der Waals surface area (Å²) in [5, 5.41) is 3.89. The van der Waals surface area contributed by atoms with Gasteiger partial charge < -0.3 is 14.6 Å². The van der Waals surface area contributed by atoms with Gasteiger partial charge in [-0.25, -0.2) is 8.78 Å². The van der Waals surface area contributed by atoms with Gasteiger partial charge in [-0.05, 0) is 67.9 Å². The molecular formula is C20H22F2N2O. The number of nitrogens with one attached hydrogen (secondary N) is 1. The number of rotatable bonds is 6. The minimum atomic E-state index is -0.404. The van der Waals surface area contributed by atoms with Gasteiger partial charge in [0.25, 0.3) is 0 Å². The Morgan fingerprint density at radius 1 is 1.12 bits per heavy atom. The number of hydrogen-bond acceptors (Lipinski definition) is 2. The van der Waals surface area contributed by atoms with E-state index in [0.717, 1.165) is 35.0 Å². The molecule has 0 atom stereocenters. The zero-order chi connectivity index (χ0) is 18.0. The van der Waals surface area contributed by atoms with Gasteiger partial charge in [-0.1, -0.05) is 6.07 Å². The molecular weight excluding hydrogens is 322 g/mol. The fourth-order valence-corrected chi connectivity index (χ4v) is 3.05. The molecule has 3 nitrogen and oxygen atoms in total. The fraction of sp³-hybridized carbons (Fsp3) is 0.300. The minimum absolute atomic E-state index is 0.125. The second-order valence-electron chi connectivity index (χ2n) is 6.25. The van der Waals surface area contributed by atoms with Crippen molar-refractivity contribution in [3.05, 3.63) is 64.9 Å². The highest BCUT2D eigenvalue weighted by atomic mass is 19.1. The Bertz CT molecular complexity index is 902. The van der Waals surface area contributed by atoms with E-state index in [-0.39, 0.29) is 18.2 Å². The number of aromatic nitrogens is 1. The highest BCUT2D eigenvalue weighted by Gasteiger charge is 2.16. The number of ether oxygens (including phenoxy) is 1. The molecule has 25 heavy (non-hydrogen) atoms. The van der Waals surface area contributed by atoms with Crippen molar-refractivity contribution in [1.29, 1.82) is 0 Å². The number of halogens is 2.